The third kappa shape index (κ3) is 2.92. The van der Waals surface area contributed by atoms with Gasteiger partial charge in [0.2, 0.25) is 0 Å². The number of rotatable bonds is 4. The molecule has 2 aromatic carbocycles. The minimum atomic E-state index is 0.582. The molecule has 0 atom stereocenters. The van der Waals surface area contributed by atoms with Gasteiger partial charge in [0, 0.05) is 16.9 Å². The lowest BCUT2D eigenvalue weighted by Crippen LogP contribution is -2.16. The fraction of sp³-hybridized carbons (Fsp3) is 0.167. The third-order valence-electron chi connectivity index (χ3n) is 3.77. The second-order valence-electron chi connectivity index (χ2n) is 5.41. The van der Waals surface area contributed by atoms with Crippen LogP contribution in [0, 0.1) is 0 Å². The third-order valence-corrected chi connectivity index (χ3v) is 4.79. The molecule has 0 radical (unpaired) electrons. The van der Waals surface area contributed by atoms with E-state index < -0.39 is 0 Å². The minimum Gasteiger partial charge on any atom is -0.486 e. The van der Waals surface area contributed by atoms with Crippen molar-refractivity contribution in [3.63, 3.8) is 0 Å². The van der Waals surface area contributed by atoms with Crippen molar-refractivity contribution in [2.24, 2.45) is 0 Å². The lowest BCUT2D eigenvalue weighted by Gasteiger charge is -2.20. The zero-order valence-corrected chi connectivity index (χ0v) is 13.8. The van der Waals surface area contributed by atoms with Crippen LogP contribution in [0.3, 0.4) is 0 Å². The Morgan fingerprint density at radius 2 is 1.88 bits per heavy atom. The van der Waals surface area contributed by atoms with E-state index in [2.05, 4.69) is 4.98 Å². The van der Waals surface area contributed by atoms with Gasteiger partial charge in [0.1, 0.15) is 13.2 Å². The Balaban J connectivity index is 1.54. The van der Waals surface area contributed by atoms with E-state index in [1.165, 1.54) is 0 Å². The molecule has 0 aliphatic carbocycles. The van der Waals surface area contributed by atoms with E-state index in [1.807, 2.05) is 54.7 Å². The van der Waals surface area contributed by atoms with Crippen LogP contribution in [0.25, 0.3) is 11.3 Å². The molecule has 2 heterocycles. The summed E-state index contributed by atoms with van der Waals surface area (Å²) in [5, 5.41) is 0.767. The average molecular weight is 339 g/mol. The maximum Gasteiger partial charge on any atom is 0.187 e. The van der Waals surface area contributed by atoms with E-state index in [1.54, 1.807) is 16.4 Å². The minimum absolute atomic E-state index is 0.582. The average Bonchev–Trinajstić information content (AvgIpc) is 3.01. The van der Waals surface area contributed by atoms with E-state index >= 15 is 0 Å². The van der Waals surface area contributed by atoms with Gasteiger partial charge in [0.15, 0.2) is 16.7 Å². The summed E-state index contributed by atoms with van der Waals surface area (Å²) in [6, 6.07) is 16.0. The van der Waals surface area contributed by atoms with Gasteiger partial charge in [-0.1, -0.05) is 54.2 Å². The number of nitrogens with zero attached hydrogens (tertiary/aromatic N) is 2. The summed E-state index contributed by atoms with van der Waals surface area (Å²) in [6.07, 6.45) is 1.84. The van der Waals surface area contributed by atoms with Crippen LogP contribution in [0.1, 0.15) is 5.56 Å². The molecule has 1 aliphatic heterocycles. The van der Waals surface area contributed by atoms with E-state index in [0.717, 1.165) is 39.2 Å². The highest BCUT2D eigenvalue weighted by atomic mass is 32.2. The Hall–Kier alpha value is -2.60. The molecule has 0 amide bonds. The number of fused-ring (bicyclic) bond motifs is 1. The van der Waals surface area contributed by atoms with Gasteiger partial charge in [0.25, 0.3) is 0 Å². The highest BCUT2D eigenvalue weighted by Crippen LogP contribution is 2.36. The molecule has 1 aliphatic rings. The Morgan fingerprint density at radius 3 is 2.75 bits per heavy atom. The molecule has 0 unspecified atom stereocenters. The van der Waals surface area contributed by atoms with Crippen molar-refractivity contribution in [2.75, 3.05) is 19.1 Å². The first-order chi connectivity index (χ1) is 11.8. The second-order valence-corrected chi connectivity index (χ2v) is 6.35. The van der Waals surface area contributed by atoms with Crippen LogP contribution >= 0.6 is 11.8 Å². The summed E-state index contributed by atoms with van der Waals surface area (Å²) in [6.45, 7) is 1.18. The quantitative estimate of drug-likeness (QED) is 0.583. The van der Waals surface area contributed by atoms with Gasteiger partial charge < -0.3 is 15.3 Å². The van der Waals surface area contributed by atoms with Crippen LogP contribution in [0.4, 0.5) is 0 Å². The van der Waals surface area contributed by atoms with Gasteiger partial charge in [-0.15, -0.1) is 0 Å². The topological polar surface area (TPSA) is 62.3 Å². The number of hydrogen-bond acceptors (Lipinski definition) is 5. The van der Waals surface area contributed by atoms with Crippen molar-refractivity contribution in [1.29, 1.82) is 0 Å². The number of ether oxygens (including phenoxy) is 2. The van der Waals surface area contributed by atoms with Gasteiger partial charge in [-0.2, -0.15) is 0 Å². The molecule has 3 aromatic rings. The molecular formula is C18H17N3O2S. The van der Waals surface area contributed by atoms with Crippen molar-refractivity contribution in [3.8, 4) is 22.8 Å². The van der Waals surface area contributed by atoms with Crippen molar-refractivity contribution in [3.05, 3.63) is 60.3 Å². The highest BCUT2D eigenvalue weighted by molar-refractivity contribution is 7.98. The van der Waals surface area contributed by atoms with Crippen LogP contribution in [-0.4, -0.2) is 22.9 Å². The van der Waals surface area contributed by atoms with E-state index in [4.69, 9.17) is 15.3 Å². The number of aromatic nitrogens is 2. The normalized spacial score (nSPS) is 13.0. The van der Waals surface area contributed by atoms with Gasteiger partial charge in [-0.25, -0.2) is 9.66 Å². The maximum atomic E-state index is 6.06. The first-order valence-corrected chi connectivity index (χ1v) is 8.70. The lowest BCUT2D eigenvalue weighted by atomic mass is 10.2. The number of benzene rings is 2. The highest BCUT2D eigenvalue weighted by Gasteiger charge is 2.16. The predicted molar refractivity (Wildman–Crippen MR) is 94.8 cm³/mol. The molecule has 2 N–H and O–H groups in total. The molecule has 0 bridgehead atoms. The molecule has 24 heavy (non-hydrogen) atoms. The summed E-state index contributed by atoms with van der Waals surface area (Å²) in [5.74, 6) is 8.41. The van der Waals surface area contributed by atoms with E-state index in [0.29, 0.717) is 13.2 Å². The number of nitrogen functional groups attached to an aromatic ring is 1. The summed E-state index contributed by atoms with van der Waals surface area (Å²) in [5.41, 5.74) is 3.01. The number of para-hydroxylation sites is 1. The molecule has 122 valence electrons. The van der Waals surface area contributed by atoms with Crippen molar-refractivity contribution in [2.45, 2.75) is 10.9 Å². The number of nitrogens with two attached hydrogens (primary N) is 1. The Kier molecular flexibility index (Phi) is 4.04. The van der Waals surface area contributed by atoms with Gasteiger partial charge >= 0.3 is 0 Å². The Bertz CT molecular complexity index is 849. The summed E-state index contributed by atoms with van der Waals surface area (Å²) in [7, 11) is 0. The SMILES string of the molecule is Nn1cc(-c2ccccc2)nc1SCc1cccc2c1OCCO2. The fourth-order valence-electron chi connectivity index (χ4n) is 2.62. The zero-order chi connectivity index (χ0) is 16.4. The molecule has 1 aromatic heterocycles. The summed E-state index contributed by atoms with van der Waals surface area (Å²) >= 11 is 1.58. The number of imidazole rings is 1. The van der Waals surface area contributed by atoms with Crippen LogP contribution in [0.2, 0.25) is 0 Å². The molecule has 0 saturated carbocycles. The first-order valence-electron chi connectivity index (χ1n) is 7.71. The smallest absolute Gasteiger partial charge is 0.187 e. The standard InChI is InChI=1S/C18H17N3O2S/c19-21-11-15(13-5-2-1-3-6-13)20-18(21)24-12-14-7-4-8-16-17(14)23-10-9-22-16/h1-8,11H,9-10,12,19H2. The van der Waals surface area contributed by atoms with Crippen molar-refractivity contribution in [1.82, 2.24) is 9.66 Å². The maximum absolute atomic E-state index is 6.06. The monoisotopic (exact) mass is 339 g/mol. The fourth-order valence-corrected chi connectivity index (χ4v) is 3.50. The molecule has 4 rings (SSSR count). The van der Waals surface area contributed by atoms with E-state index in [-0.39, 0.29) is 0 Å². The predicted octanol–water partition coefficient (Wildman–Crippen LogP) is 3.33. The number of hydrogen-bond donors (Lipinski definition) is 1. The van der Waals surface area contributed by atoms with Gasteiger partial charge in [0.05, 0.1) is 11.9 Å². The molecule has 5 nitrogen and oxygen atoms in total. The number of thioether (sulfide) groups is 1. The van der Waals surface area contributed by atoms with Crippen molar-refractivity contribution >= 4 is 11.8 Å². The largest absolute Gasteiger partial charge is 0.486 e. The molecule has 6 heteroatoms. The van der Waals surface area contributed by atoms with Crippen molar-refractivity contribution < 1.29 is 9.47 Å². The molecule has 0 spiro atoms. The lowest BCUT2D eigenvalue weighted by molar-refractivity contribution is 0.170. The Morgan fingerprint density at radius 1 is 1.04 bits per heavy atom. The Labute approximate surface area is 144 Å². The zero-order valence-electron chi connectivity index (χ0n) is 13.0. The van der Waals surface area contributed by atoms with Crippen LogP contribution in [0.5, 0.6) is 11.5 Å². The molecule has 0 fully saturated rings. The van der Waals surface area contributed by atoms with Crippen LogP contribution in [0.15, 0.2) is 59.9 Å². The van der Waals surface area contributed by atoms with Crippen LogP contribution in [-0.2, 0) is 5.75 Å². The summed E-state index contributed by atoms with van der Waals surface area (Å²) in [4.78, 5) is 4.64. The van der Waals surface area contributed by atoms with Gasteiger partial charge in [-0.05, 0) is 6.07 Å². The molecule has 0 saturated heterocycles. The van der Waals surface area contributed by atoms with Gasteiger partial charge in [-0.3, -0.25) is 0 Å². The second kappa shape index (κ2) is 6.49. The first kappa shape index (κ1) is 15.0. The molecular weight excluding hydrogens is 322 g/mol. The summed E-state index contributed by atoms with van der Waals surface area (Å²) < 4.78 is 12.9. The van der Waals surface area contributed by atoms with E-state index in [9.17, 15) is 0 Å². The van der Waals surface area contributed by atoms with Crippen LogP contribution < -0.4 is 15.3 Å².